The van der Waals surface area contributed by atoms with Gasteiger partial charge in [0.05, 0.1) is 30.9 Å². The SMILES string of the molecule is CCCCN1C(=O)CC(C(=O)NC2CCN(C(=O)c3ccoc3)CC2)C1c1ccc(OC)cc1. The third kappa shape index (κ3) is 5.11. The molecule has 2 saturated heterocycles. The lowest BCUT2D eigenvalue weighted by Crippen LogP contribution is -2.48. The van der Waals surface area contributed by atoms with Crippen LogP contribution in [0.25, 0.3) is 0 Å². The van der Waals surface area contributed by atoms with Crippen molar-refractivity contribution in [3.63, 3.8) is 0 Å². The molecule has 2 unspecified atom stereocenters. The van der Waals surface area contributed by atoms with Crippen LogP contribution in [0.5, 0.6) is 5.75 Å². The normalized spacial score (nSPS) is 21.1. The monoisotopic (exact) mass is 467 g/mol. The van der Waals surface area contributed by atoms with E-state index in [0.29, 0.717) is 38.0 Å². The number of furan rings is 1. The van der Waals surface area contributed by atoms with Crippen molar-refractivity contribution < 1.29 is 23.5 Å². The Kier molecular flexibility index (Phi) is 7.55. The van der Waals surface area contributed by atoms with Gasteiger partial charge in [0.1, 0.15) is 12.0 Å². The number of likely N-dealkylation sites (tertiary alicyclic amines) is 2. The summed E-state index contributed by atoms with van der Waals surface area (Å²) in [6.45, 7) is 3.88. The molecule has 8 nitrogen and oxygen atoms in total. The molecule has 3 heterocycles. The van der Waals surface area contributed by atoms with Crippen LogP contribution in [0.3, 0.4) is 0 Å². The maximum absolute atomic E-state index is 13.4. The smallest absolute Gasteiger partial charge is 0.257 e. The fraction of sp³-hybridized carbons (Fsp3) is 0.500. The zero-order valence-corrected chi connectivity index (χ0v) is 19.9. The van der Waals surface area contributed by atoms with E-state index < -0.39 is 5.92 Å². The van der Waals surface area contributed by atoms with Gasteiger partial charge in [-0.2, -0.15) is 0 Å². The number of benzene rings is 1. The standard InChI is InChI=1S/C26H33N3O5/c1-3-4-12-29-23(30)16-22(24(29)18-5-7-21(33-2)8-6-18)25(31)27-20-9-13-28(14-10-20)26(32)19-11-15-34-17-19/h5-8,11,15,17,20,22,24H,3-4,9-10,12-14,16H2,1-2H3,(H,27,31). The van der Waals surface area contributed by atoms with Crippen molar-refractivity contribution >= 4 is 17.7 Å². The first kappa shape index (κ1) is 23.9. The summed E-state index contributed by atoms with van der Waals surface area (Å²) in [4.78, 5) is 42.5. The molecule has 2 atom stereocenters. The van der Waals surface area contributed by atoms with Gasteiger partial charge in [-0.1, -0.05) is 25.5 Å². The Bertz CT molecular complexity index is 980. The maximum Gasteiger partial charge on any atom is 0.257 e. The molecule has 0 spiro atoms. The molecule has 4 rings (SSSR count). The Morgan fingerprint density at radius 2 is 1.88 bits per heavy atom. The van der Waals surface area contributed by atoms with Crippen LogP contribution < -0.4 is 10.1 Å². The summed E-state index contributed by atoms with van der Waals surface area (Å²) in [5.74, 6) is 0.183. The summed E-state index contributed by atoms with van der Waals surface area (Å²) in [6, 6.07) is 9.00. The van der Waals surface area contributed by atoms with Crippen molar-refractivity contribution in [2.45, 2.75) is 51.1 Å². The Morgan fingerprint density at radius 1 is 1.15 bits per heavy atom. The molecule has 2 fully saturated rings. The highest BCUT2D eigenvalue weighted by atomic mass is 16.5. The predicted molar refractivity (Wildman–Crippen MR) is 126 cm³/mol. The second-order valence-corrected chi connectivity index (χ2v) is 9.06. The van der Waals surface area contributed by atoms with E-state index in [1.165, 1.54) is 12.5 Å². The Balaban J connectivity index is 1.42. The van der Waals surface area contributed by atoms with E-state index in [-0.39, 0.29) is 36.2 Å². The first-order valence-electron chi connectivity index (χ1n) is 12.1. The Hall–Kier alpha value is -3.29. The zero-order chi connectivity index (χ0) is 24.1. The van der Waals surface area contributed by atoms with Crippen LogP contribution in [0.15, 0.2) is 47.3 Å². The van der Waals surface area contributed by atoms with Gasteiger partial charge in [-0.15, -0.1) is 0 Å². The van der Waals surface area contributed by atoms with E-state index in [1.807, 2.05) is 29.2 Å². The van der Waals surface area contributed by atoms with E-state index in [9.17, 15) is 14.4 Å². The quantitative estimate of drug-likeness (QED) is 0.643. The van der Waals surface area contributed by atoms with Gasteiger partial charge in [0.2, 0.25) is 11.8 Å². The molecule has 182 valence electrons. The third-order valence-corrected chi connectivity index (χ3v) is 6.88. The summed E-state index contributed by atoms with van der Waals surface area (Å²) in [5, 5.41) is 3.18. The molecule has 2 aromatic rings. The second-order valence-electron chi connectivity index (χ2n) is 9.06. The molecule has 0 aliphatic carbocycles. The summed E-state index contributed by atoms with van der Waals surface area (Å²) >= 11 is 0. The molecule has 1 aromatic carbocycles. The number of methoxy groups -OCH3 is 1. The number of ether oxygens (including phenoxy) is 1. The summed E-state index contributed by atoms with van der Waals surface area (Å²) in [7, 11) is 1.62. The second kappa shape index (κ2) is 10.8. The fourth-order valence-electron chi connectivity index (χ4n) is 4.93. The minimum atomic E-state index is -0.441. The van der Waals surface area contributed by atoms with E-state index in [2.05, 4.69) is 12.2 Å². The molecule has 2 aliphatic rings. The number of nitrogens with one attached hydrogen (secondary N) is 1. The average Bonchev–Trinajstić information content (AvgIpc) is 3.51. The summed E-state index contributed by atoms with van der Waals surface area (Å²) in [6.07, 6.45) is 6.40. The van der Waals surface area contributed by atoms with Crippen LogP contribution in [-0.4, -0.2) is 60.3 Å². The lowest BCUT2D eigenvalue weighted by molar-refractivity contribution is -0.129. The van der Waals surface area contributed by atoms with Gasteiger partial charge in [-0.25, -0.2) is 0 Å². The van der Waals surface area contributed by atoms with Gasteiger partial charge in [-0.05, 0) is 43.0 Å². The van der Waals surface area contributed by atoms with Gasteiger partial charge in [0.25, 0.3) is 5.91 Å². The minimum Gasteiger partial charge on any atom is -0.497 e. The summed E-state index contributed by atoms with van der Waals surface area (Å²) in [5.41, 5.74) is 1.49. The number of unbranched alkanes of at least 4 members (excludes halogenated alkanes) is 1. The number of nitrogens with zero attached hydrogens (tertiary/aromatic N) is 2. The molecule has 0 radical (unpaired) electrons. The van der Waals surface area contributed by atoms with Gasteiger partial charge >= 0.3 is 0 Å². The topological polar surface area (TPSA) is 92.1 Å². The molecule has 0 bridgehead atoms. The number of hydrogen-bond donors (Lipinski definition) is 1. The number of amides is 3. The predicted octanol–water partition coefficient (Wildman–Crippen LogP) is 3.40. The van der Waals surface area contributed by atoms with Crippen LogP contribution in [0.2, 0.25) is 0 Å². The first-order valence-corrected chi connectivity index (χ1v) is 12.1. The van der Waals surface area contributed by atoms with E-state index >= 15 is 0 Å². The fourth-order valence-corrected chi connectivity index (χ4v) is 4.93. The van der Waals surface area contributed by atoms with Crippen molar-refractivity contribution in [2.75, 3.05) is 26.7 Å². The minimum absolute atomic E-state index is 0.0165. The Labute approximate surface area is 200 Å². The van der Waals surface area contributed by atoms with E-state index in [1.54, 1.807) is 18.1 Å². The van der Waals surface area contributed by atoms with Gasteiger partial charge < -0.3 is 24.3 Å². The van der Waals surface area contributed by atoms with E-state index in [0.717, 1.165) is 24.2 Å². The molecular weight excluding hydrogens is 434 g/mol. The van der Waals surface area contributed by atoms with Crippen molar-refractivity contribution in [3.8, 4) is 5.75 Å². The molecule has 3 amide bonds. The highest BCUT2D eigenvalue weighted by Crippen LogP contribution is 2.39. The molecular formula is C26H33N3O5. The molecule has 34 heavy (non-hydrogen) atoms. The van der Waals surface area contributed by atoms with Gasteiger partial charge in [0, 0.05) is 32.1 Å². The Morgan fingerprint density at radius 3 is 2.50 bits per heavy atom. The molecule has 8 heteroatoms. The highest BCUT2D eigenvalue weighted by Gasteiger charge is 2.44. The van der Waals surface area contributed by atoms with Crippen LogP contribution in [0.1, 0.15) is 61.0 Å². The molecule has 0 saturated carbocycles. The zero-order valence-electron chi connectivity index (χ0n) is 19.9. The number of hydrogen-bond acceptors (Lipinski definition) is 5. The highest BCUT2D eigenvalue weighted by molar-refractivity contribution is 5.94. The number of carbonyl (C=O) groups excluding carboxylic acids is 3. The van der Waals surface area contributed by atoms with Crippen molar-refractivity contribution in [2.24, 2.45) is 5.92 Å². The molecule has 1 N–H and O–H groups in total. The van der Waals surface area contributed by atoms with Crippen LogP contribution in [-0.2, 0) is 9.59 Å². The third-order valence-electron chi connectivity index (χ3n) is 6.88. The van der Waals surface area contributed by atoms with Crippen molar-refractivity contribution in [1.82, 2.24) is 15.1 Å². The molecule has 1 aromatic heterocycles. The van der Waals surface area contributed by atoms with Crippen LogP contribution in [0.4, 0.5) is 0 Å². The van der Waals surface area contributed by atoms with Gasteiger partial charge in [-0.3, -0.25) is 14.4 Å². The van der Waals surface area contributed by atoms with Gasteiger partial charge in [0.15, 0.2) is 0 Å². The van der Waals surface area contributed by atoms with Crippen LogP contribution >= 0.6 is 0 Å². The largest absolute Gasteiger partial charge is 0.497 e. The lowest BCUT2D eigenvalue weighted by Gasteiger charge is -2.33. The number of rotatable bonds is 8. The maximum atomic E-state index is 13.4. The van der Waals surface area contributed by atoms with Crippen LogP contribution in [0, 0.1) is 5.92 Å². The lowest BCUT2D eigenvalue weighted by atomic mass is 9.91. The van der Waals surface area contributed by atoms with E-state index in [4.69, 9.17) is 9.15 Å². The molecule has 2 aliphatic heterocycles. The number of carbonyl (C=O) groups is 3. The average molecular weight is 468 g/mol. The summed E-state index contributed by atoms with van der Waals surface area (Å²) < 4.78 is 10.3. The van der Waals surface area contributed by atoms with Crippen molar-refractivity contribution in [1.29, 1.82) is 0 Å². The number of piperidine rings is 1. The van der Waals surface area contributed by atoms with Crippen molar-refractivity contribution in [3.05, 3.63) is 54.0 Å². The first-order chi connectivity index (χ1) is 16.5.